The third-order valence-electron chi connectivity index (χ3n) is 3.66. The molecule has 1 N–H and O–H groups in total. The van der Waals surface area contributed by atoms with E-state index in [0.717, 1.165) is 10.6 Å². The molecule has 0 bridgehead atoms. The van der Waals surface area contributed by atoms with Crippen LogP contribution in [-0.4, -0.2) is 47.6 Å². The van der Waals surface area contributed by atoms with Crippen LogP contribution in [0.5, 0.6) is 11.5 Å². The summed E-state index contributed by atoms with van der Waals surface area (Å²) in [6.07, 6.45) is 2.41. The summed E-state index contributed by atoms with van der Waals surface area (Å²) in [4.78, 5) is 12.2. The number of hydrogen-bond acceptors (Lipinski definition) is 6. The molecule has 0 spiro atoms. The Hall–Kier alpha value is -2.30. The number of rotatable bonds is 8. The molecule has 0 unspecified atom stereocenters. The Morgan fingerprint density at radius 1 is 1.24 bits per heavy atom. The lowest BCUT2D eigenvalue weighted by atomic mass is 10.2. The van der Waals surface area contributed by atoms with Gasteiger partial charge in [-0.25, -0.2) is 13.8 Å². The summed E-state index contributed by atoms with van der Waals surface area (Å²) in [6, 6.07) is 9.52. The van der Waals surface area contributed by atoms with Crippen LogP contribution in [0.3, 0.4) is 0 Å². The van der Waals surface area contributed by atoms with Gasteiger partial charge in [-0.05, 0) is 57.9 Å². The van der Waals surface area contributed by atoms with Crippen LogP contribution in [0.2, 0.25) is 5.02 Å². The number of anilines is 1. The van der Waals surface area contributed by atoms with E-state index in [1.165, 1.54) is 32.6 Å². The number of nitrogens with zero attached hydrogens (tertiary/aromatic N) is 2. The largest absolute Gasteiger partial charge is 0.493 e. The van der Waals surface area contributed by atoms with Gasteiger partial charge < -0.3 is 9.47 Å². The minimum Gasteiger partial charge on any atom is -0.493 e. The van der Waals surface area contributed by atoms with Gasteiger partial charge in [-0.15, -0.1) is 0 Å². The number of benzene rings is 2. The lowest BCUT2D eigenvalue weighted by Crippen LogP contribution is -2.38. The van der Waals surface area contributed by atoms with Gasteiger partial charge in [0.2, 0.25) is 10.0 Å². The van der Waals surface area contributed by atoms with E-state index < -0.39 is 22.5 Å². The molecule has 2 aromatic carbocycles. The lowest BCUT2D eigenvalue weighted by molar-refractivity contribution is -0.119. The quantitative estimate of drug-likeness (QED) is 0.440. The molecular weight excluding hydrogens is 486 g/mol. The number of halogens is 2. The topological polar surface area (TPSA) is 97.3 Å². The zero-order valence-corrected chi connectivity index (χ0v) is 19.0. The number of hydrogen-bond donors (Lipinski definition) is 1. The average molecular weight is 505 g/mol. The first kappa shape index (κ1) is 23.0. The maximum absolute atomic E-state index is 12.2. The van der Waals surface area contributed by atoms with Gasteiger partial charge >= 0.3 is 0 Å². The Morgan fingerprint density at radius 2 is 1.90 bits per heavy atom. The number of carbonyl (C=O) groups is 1. The standard InChI is InChI=1S/C18H19BrClN3O5S/c1-27-16-9-12(8-15(19)18(16)28-2)10-21-22-17(24)11-23(29(3,25)26)14-6-4-13(20)5-7-14/h4-10H,11H2,1-3H3,(H,22,24)/b21-10-. The third kappa shape index (κ3) is 6.34. The summed E-state index contributed by atoms with van der Waals surface area (Å²) < 4.78 is 36.2. The highest BCUT2D eigenvalue weighted by Gasteiger charge is 2.20. The van der Waals surface area contributed by atoms with Crippen LogP contribution in [0, 0.1) is 0 Å². The number of carbonyl (C=O) groups excluding carboxylic acids is 1. The first-order chi connectivity index (χ1) is 13.7. The molecule has 0 aliphatic heterocycles. The van der Waals surface area contributed by atoms with Gasteiger partial charge in [0.1, 0.15) is 6.54 Å². The summed E-state index contributed by atoms with van der Waals surface area (Å²) in [6.45, 7) is -0.437. The molecule has 2 rings (SSSR count). The first-order valence-electron chi connectivity index (χ1n) is 8.12. The van der Waals surface area contributed by atoms with E-state index in [-0.39, 0.29) is 0 Å². The zero-order valence-electron chi connectivity index (χ0n) is 15.8. The highest BCUT2D eigenvalue weighted by Crippen LogP contribution is 2.35. The molecule has 156 valence electrons. The van der Waals surface area contributed by atoms with E-state index in [4.69, 9.17) is 21.1 Å². The van der Waals surface area contributed by atoms with Crippen LogP contribution in [0.4, 0.5) is 5.69 Å². The van der Waals surface area contributed by atoms with E-state index >= 15 is 0 Å². The van der Waals surface area contributed by atoms with E-state index in [9.17, 15) is 13.2 Å². The second kappa shape index (κ2) is 9.95. The van der Waals surface area contributed by atoms with Crippen molar-refractivity contribution < 1.29 is 22.7 Å². The fourth-order valence-electron chi connectivity index (χ4n) is 2.36. The Balaban J connectivity index is 2.11. The highest BCUT2D eigenvalue weighted by molar-refractivity contribution is 9.10. The number of amides is 1. The van der Waals surface area contributed by atoms with Crippen molar-refractivity contribution >= 4 is 55.4 Å². The van der Waals surface area contributed by atoms with Crippen LogP contribution in [0.25, 0.3) is 0 Å². The van der Waals surface area contributed by atoms with Crippen LogP contribution < -0.4 is 19.2 Å². The van der Waals surface area contributed by atoms with E-state index in [0.29, 0.717) is 32.2 Å². The maximum atomic E-state index is 12.2. The van der Waals surface area contributed by atoms with Gasteiger partial charge in [0.15, 0.2) is 11.5 Å². The van der Waals surface area contributed by atoms with Gasteiger partial charge in [0.05, 0.1) is 36.9 Å². The van der Waals surface area contributed by atoms with Crippen LogP contribution >= 0.6 is 27.5 Å². The highest BCUT2D eigenvalue weighted by atomic mass is 79.9. The molecule has 0 fully saturated rings. The molecule has 0 heterocycles. The van der Waals surface area contributed by atoms with Crippen LogP contribution in [0.15, 0.2) is 46.0 Å². The molecule has 0 atom stereocenters. The Labute approximate surface area is 182 Å². The van der Waals surface area contributed by atoms with E-state index in [2.05, 4.69) is 26.5 Å². The van der Waals surface area contributed by atoms with Crippen molar-refractivity contribution in [3.8, 4) is 11.5 Å². The van der Waals surface area contributed by atoms with Gasteiger partial charge in [0, 0.05) is 5.02 Å². The van der Waals surface area contributed by atoms with E-state index in [1.54, 1.807) is 24.3 Å². The number of ether oxygens (including phenoxy) is 2. The summed E-state index contributed by atoms with van der Waals surface area (Å²) >= 11 is 9.20. The van der Waals surface area contributed by atoms with Crippen molar-refractivity contribution in [2.75, 3.05) is 31.3 Å². The number of hydrazone groups is 1. The van der Waals surface area contributed by atoms with Crippen molar-refractivity contribution in [2.45, 2.75) is 0 Å². The summed E-state index contributed by atoms with van der Waals surface area (Å²) in [5.41, 5.74) is 3.26. The van der Waals surface area contributed by atoms with Gasteiger partial charge in [-0.1, -0.05) is 11.6 Å². The molecule has 11 heteroatoms. The molecule has 0 aromatic heterocycles. The monoisotopic (exact) mass is 503 g/mol. The molecule has 0 saturated carbocycles. The molecule has 2 aromatic rings. The molecule has 29 heavy (non-hydrogen) atoms. The second-order valence-corrected chi connectivity index (χ2v) is 8.98. The van der Waals surface area contributed by atoms with Crippen molar-refractivity contribution in [1.82, 2.24) is 5.43 Å². The van der Waals surface area contributed by atoms with Gasteiger partial charge in [0.25, 0.3) is 5.91 Å². The predicted molar refractivity (Wildman–Crippen MR) is 117 cm³/mol. The normalized spacial score (nSPS) is 11.3. The number of methoxy groups -OCH3 is 2. The Bertz CT molecular complexity index is 1010. The molecule has 1 amide bonds. The molecule has 0 saturated heterocycles. The zero-order chi connectivity index (χ0) is 21.6. The fourth-order valence-corrected chi connectivity index (χ4v) is 3.97. The molecule has 0 aliphatic rings. The minimum absolute atomic E-state index is 0.319. The second-order valence-electron chi connectivity index (χ2n) is 5.78. The lowest BCUT2D eigenvalue weighted by Gasteiger charge is -2.21. The van der Waals surface area contributed by atoms with Crippen LogP contribution in [-0.2, 0) is 14.8 Å². The summed E-state index contributed by atoms with van der Waals surface area (Å²) in [7, 11) is -0.662. The molecule has 0 radical (unpaired) electrons. The Morgan fingerprint density at radius 3 is 2.45 bits per heavy atom. The van der Waals surface area contributed by atoms with Crippen molar-refractivity contribution in [3.05, 3.63) is 51.5 Å². The molecule has 0 aliphatic carbocycles. The van der Waals surface area contributed by atoms with Crippen LogP contribution in [0.1, 0.15) is 5.56 Å². The molecular formula is C18H19BrClN3O5S. The van der Waals surface area contributed by atoms with Crippen molar-refractivity contribution in [2.24, 2.45) is 5.10 Å². The predicted octanol–water partition coefficient (Wildman–Crippen LogP) is 3.04. The number of sulfonamides is 1. The van der Waals surface area contributed by atoms with Gasteiger partial charge in [-0.2, -0.15) is 5.10 Å². The number of nitrogens with one attached hydrogen (secondary N) is 1. The van der Waals surface area contributed by atoms with E-state index in [1.807, 2.05) is 0 Å². The Kier molecular flexibility index (Phi) is 7.88. The first-order valence-corrected chi connectivity index (χ1v) is 11.1. The SMILES string of the molecule is COc1cc(/C=N\NC(=O)CN(c2ccc(Cl)cc2)S(C)(=O)=O)cc(Br)c1OC. The van der Waals surface area contributed by atoms with Crippen molar-refractivity contribution in [3.63, 3.8) is 0 Å². The average Bonchev–Trinajstić information content (AvgIpc) is 2.65. The van der Waals surface area contributed by atoms with Crippen molar-refractivity contribution in [1.29, 1.82) is 0 Å². The third-order valence-corrected chi connectivity index (χ3v) is 5.64. The maximum Gasteiger partial charge on any atom is 0.260 e. The smallest absolute Gasteiger partial charge is 0.260 e. The summed E-state index contributed by atoms with van der Waals surface area (Å²) in [5, 5.41) is 4.33. The van der Waals surface area contributed by atoms with Gasteiger partial charge in [-0.3, -0.25) is 9.10 Å². The minimum atomic E-state index is -3.68. The summed E-state index contributed by atoms with van der Waals surface area (Å²) in [5.74, 6) is 0.405. The fraction of sp³-hybridized carbons (Fsp3) is 0.222. The molecule has 8 nitrogen and oxygen atoms in total.